The SMILES string of the molecule is CC/C=C\C/C=C\C/C=C\C/C=C\C/C=C\CCCCCCCCCCCCCC(=O)OCC(COC(=O)CCCCCCC/C=C\C/C=C\CCCC)OC(=O)CCCCCCC/C=C\C/C=C\CCCCC. The fraction of sp³-hybridized carbons (Fsp3) is 0.691. The molecule has 1 atom stereocenters. The first kappa shape index (κ1) is 70.1. The highest BCUT2D eigenvalue weighted by Crippen LogP contribution is 2.15. The summed E-state index contributed by atoms with van der Waals surface area (Å²) in [5, 5.41) is 0. The van der Waals surface area contributed by atoms with Crippen molar-refractivity contribution >= 4 is 17.9 Å². The summed E-state index contributed by atoms with van der Waals surface area (Å²) in [6.45, 7) is 6.44. The lowest BCUT2D eigenvalue weighted by atomic mass is 10.0. The average molecular weight is 1030 g/mol. The zero-order chi connectivity index (χ0) is 53.6. The molecule has 0 radical (unpaired) electrons. The van der Waals surface area contributed by atoms with Crippen LogP contribution in [0.3, 0.4) is 0 Å². The smallest absolute Gasteiger partial charge is 0.306 e. The first-order valence-corrected chi connectivity index (χ1v) is 30.9. The van der Waals surface area contributed by atoms with Crippen LogP contribution >= 0.6 is 0 Å². The molecule has 0 spiro atoms. The van der Waals surface area contributed by atoms with Gasteiger partial charge in [-0.15, -0.1) is 0 Å². The summed E-state index contributed by atoms with van der Waals surface area (Å²) in [4.78, 5) is 38.2. The Morgan fingerprint density at radius 1 is 0.284 bits per heavy atom. The summed E-state index contributed by atoms with van der Waals surface area (Å²) in [5.41, 5.74) is 0. The number of rotatable bonds is 55. The van der Waals surface area contributed by atoms with Crippen molar-refractivity contribution < 1.29 is 28.6 Å². The van der Waals surface area contributed by atoms with Crippen LogP contribution in [0.5, 0.6) is 0 Å². The van der Waals surface area contributed by atoms with Gasteiger partial charge in [0.25, 0.3) is 0 Å². The highest BCUT2D eigenvalue weighted by Gasteiger charge is 2.19. The van der Waals surface area contributed by atoms with Crippen molar-refractivity contribution in [3.63, 3.8) is 0 Å². The van der Waals surface area contributed by atoms with Crippen LogP contribution in [0.15, 0.2) is 109 Å². The Hall–Kier alpha value is -3.93. The van der Waals surface area contributed by atoms with Crippen molar-refractivity contribution in [3.05, 3.63) is 109 Å². The molecule has 0 aliphatic carbocycles. The second-order valence-corrected chi connectivity index (χ2v) is 20.2. The highest BCUT2D eigenvalue weighted by molar-refractivity contribution is 5.71. The zero-order valence-corrected chi connectivity index (χ0v) is 48.3. The number of esters is 3. The molecule has 0 aliphatic heterocycles. The highest BCUT2D eigenvalue weighted by atomic mass is 16.6. The van der Waals surface area contributed by atoms with Crippen molar-refractivity contribution in [3.8, 4) is 0 Å². The Bertz CT molecular complexity index is 1510. The predicted octanol–water partition coefficient (Wildman–Crippen LogP) is 21.0. The topological polar surface area (TPSA) is 78.9 Å². The number of allylic oxidation sites excluding steroid dienone is 18. The Labute approximate surface area is 457 Å². The van der Waals surface area contributed by atoms with E-state index >= 15 is 0 Å². The van der Waals surface area contributed by atoms with E-state index in [1.165, 1.54) is 103 Å². The van der Waals surface area contributed by atoms with Crippen LogP contribution in [0.25, 0.3) is 0 Å². The third-order valence-electron chi connectivity index (χ3n) is 13.0. The lowest BCUT2D eigenvalue weighted by Crippen LogP contribution is -2.30. The summed E-state index contributed by atoms with van der Waals surface area (Å²) < 4.78 is 16.9. The van der Waals surface area contributed by atoms with Crippen LogP contribution in [-0.2, 0) is 28.6 Å². The van der Waals surface area contributed by atoms with Crippen molar-refractivity contribution in [1.29, 1.82) is 0 Å². The van der Waals surface area contributed by atoms with Gasteiger partial charge in [0.05, 0.1) is 0 Å². The monoisotopic (exact) mass is 1030 g/mol. The van der Waals surface area contributed by atoms with Gasteiger partial charge in [0.2, 0.25) is 0 Å². The number of carbonyl (C=O) groups is 3. The van der Waals surface area contributed by atoms with Gasteiger partial charge in [-0.25, -0.2) is 0 Å². The van der Waals surface area contributed by atoms with Crippen LogP contribution in [0.1, 0.15) is 284 Å². The normalized spacial score (nSPS) is 12.9. The van der Waals surface area contributed by atoms with Gasteiger partial charge in [0.15, 0.2) is 6.10 Å². The van der Waals surface area contributed by atoms with Crippen molar-refractivity contribution in [1.82, 2.24) is 0 Å². The number of hydrogen-bond donors (Lipinski definition) is 0. The van der Waals surface area contributed by atoms with E-state index in [9.17, 15) is 14.4 Å². The van der Waals surface area contributed by atoms with Crippen molar-refractivity contribution in [2.24, 2.45) is 0 Å². The average Bonchev–Trinajstić information content (AvgIpc) is 3.40. The van der Waals surface area contributed by atoms with Crippen LogP contribution in [0.2, 0.25) is 0 Å². The summed E-state index contributed by atoms with van der Waals surface area (Å²) in [7, 11) is 0. The molecule has 6 nitrogen and oxygen atoms in total. The number of ether oxygens (including phenoxy) is 3. The van der Waals surface area contributed by atoms with Gasteiger partial charge in [-0.05, 0) is 122 Å². The maximum Gasteiger partial charge on any atom is 0.306 e. The van der Waals surface area contributed by atoms with Gasteiger partial charge in [-0.2, -0.15) is 0 Å². The largest absolute Gasteiger partial charge is 0.462 e. The van der Waals surface area contributed by atoms with Gasteiger partial charge in [-0.1, -0.05) is 252 Å². The molecule has 0 aromatic carbocycles. The van der Waals surface area contributed by atoms with E-state index in [2.05, 4.69) is 130 Å². The Morgan fingerprint density at radius 3 is 0.865 bits per heavy atom. The first-order chi connectivity index (χ1) is 36.5. The standard InChI is InChI=1S/C68H114O6/c1-4-7-10-13-16-19-22-25-28-29-30-31-32-33-34-35-36-37-38-39-41-43-46-49-52-55-58-61-67(70)73-64-65(63-72-66(69)60-57-54-51-48-45-42-27-24-21-18-15-12-9-6-3)74-68(71)62-59-56-53-50-47-44-40-26-23-20-17-14-11-8-5-2/h7,10,15-20,24-28,30-31,33-34,40,65H,4-6,8-9,11-14,21-23,29,32,35-39,41-64H2,1-3H3/b10-7-,18-15-,19-16-,20-17-,27-24-,28-25-,31-30-,34-33-,40-26-. The van der Waals surface area contributed by atoms with Crippen LogP contribution in [-0.4, -0.2) is 37.2 Å². The fourth-order valence-electron chi connectivity index (χ4n) is 8.34. The van der Waals surface area contributed by atoms with E-state index in [0.717, 1.165) is 141 Å². The molecule has 1 unspecified atom stereocenters. The molecule has 0 fully saturated rings. The molecular formula is C68H114O6. The molecule has 6 heteroatoms. The van der Waals surface area contributed by atoms with Gasteiger partial charge < -0.3 is 14.2 Å². The molecule has 0 aliphatic rings. The number of unbranched alkanes of at least 4 members (excludes halogenated alkanes) is 26. The molecule has 0 bridgehead atoms. The molecule has 0 rings (SSSR count). The van der Waals surface area contributed by atoms with Gasteiger partial charge in [-0.3, -0.25) is 14.4 Å². The molecule has 0 N–H and O–H groups in total. The Balaban J connectivity index is 4.32. The minimum Gasteiger partial charge on any atom is -0.462 e. The third-order valence-corrected chi connectivity index (χ3v) is 13.0. The van der Waals surface area contributed by atoms with E-state index in [1.807, 2.05) is 0 Å². The zero-order valence-electron chi connectivity index (χ0n) is 48.3. The van der Waals surface area contributed by atoms with E-state index in [-0.39, 0.29) is 31.1 Å². The van der Waals surface area contributed by atoms with E-state index in [4.69, 9.17) is 14.2 Å². The lowest BCUT2D eigenvalue weighted by Gasteiger charge is -2.18. The molecule has 0 amide bonds. The molecular weight excluding hydrogens is 913 g/mol. The minimum absolute atomic E-state index is 0.0903. The summed E-state index contributed by atoms with van der Waals surface area (Å²) in [6.07, 6.45) is 83.7. The van der Waals surface area contributed by atoms with E-state index in [0.29, 0.717) is 19.3 Å². The van der Waals surface area contributed by atoms with Crippen LogP contribution < -0.4 is 0 Å². The molecule has 0 saturated heterocycles. The lowest BCUT2D eigenvalue weighted by molar-refractivity contribution is -0.167. The Kier molecular flexibility index (Phi) is 58.3. The maximum atomic E-state index is 12.9. The van der Waals surface area contributed by atoms with Crippen molar-refractivity contribution in [2.75, 3.05) is 13.2 Å². The minimum atomic E-state index is -0.794. The molecule has 0 heterocycles. The van der Waals surface area contributed by atoms with Crippen LogP contribution in [0.4, 0.5) is 0 Å². The third kappa shape index (κ3) is 59.0. The number of carbonyl (C=O) groups excluding carboxylic acids is 3. The van der Waals surface area contributed by atoms with E-state index < -0.39 is 6.10 Å². The van der Waals surface area contributed by atoms with E-state index in [1.54, 1.807) is 0 Å². The fourth-order valence-corrected chi connectivity index (χ4v) is 8.34. The molecule has 0 aromatic heterocycles. The van der Waals surface area contributed by atoms with Crippen molar-refractivity contribution in [2.45, 2.75) is 290 Å². The number of hydrogen-bond acceptors (Lipinski definition) is 6. The predicted molar refractivity (Wildman–Crippen MR) is 320 cm³/mol. The molecule has 422 valence electrons. The molecule has 74 heavy (non-hydrogen) atoms. The maximum absolute atomic E-state index is 12.9. The second kappa shape index (κ2) is 61.6. The van der Waals surface area contributed by atoms with Gasteiger partial charge >= 0.3 is 17.9 Å². The van der Waals surface area contributed by atoms with Gasteiger partial charge in [0.1, 0.15) is 13.2 Å². The summed E-state index contributed by atoms with van der Waals surface area (Å²) in [5.74, 6) is -0.917. The quantitative estimate of drug-likeness (QED) is 0.0261. The molecule has 0 aromatic rings. The second-order valence-electron chi connectivity index (χ2n) is 20.2. The Morgan fingerprint density at radius 2 is 0.541 bits per heavy atom. The summed E-state index contributed by atoms with van der Waals surface area (Å²) in [6, 6.07) is 0. The van der Waals surface area contributed by atoms with Crippen LogP contribution in [0, 0.1) is 0 Å². The molecule has 0 saturated carbocycles. The first-order valence-electron chi connectivity index (χ1n) is 30.9. The summed E-state index contributed by atoms with van der Waals surface area (Å²) >= 11 is 0. The van der Waals surface area contributed by atoms with Gasteiger partial charge in [0, 0.05) is 19.3 Å².